The SMILES string of the molecule is O=C(O)[C@@H]1CN(c2ccc(=O)[nH]n2)C[C@H]1c1ccc(Cl)cc1. The smallest absolute Gasteiger partial charge is 0.308 e. The maximum Gasteiger partial charge on any atom is 0.308 e. The molecule has 3 rings (SSSR count). The van der Waals surface area contributed by atoms with Crippen molar-refractivity contribution in [2.24, 2.45) is 5.92 Å². The molecule has 1 aliphatic heterocycles. The van der Waals surface area contributed by atoms with Crippen LogP contribution in [-0.2, 0) is 4.79 Å². The third-order valence-corrected chi connectivity index (χ3v) is 4.18. The molecular weight excluding hydrogens is 306 g/mol. The van der Waals surface area contributed by atoms with E-state index in [-0.39, 0.29) is 11.5 Å². The monoisotopic (exact) mass is 319 g/mol. The highest BCUT2D eigenvalue weighted by molar-refractivity contribution is 6.30. The van der Waals surface area contributed by atoms with Crippen LogP contribution < -0.4 is 10.5 Å². The van der Waals surface area contributed by atoms with E-state index in [1.54, 1.807) is 18.2 Å². The third-order valence-electron chi connectivity index (χ3n) is 3.92. The van der Waals surface area contributed by atoms with Crippen molar-refractivity contribution in [2.75, 3.05) is 18.0 Å². The van der Waals surface area contributed by atoms with Crippen molar-refractivity contribution in [2.45, 2.75) is 5.92 Å². The Morgan fingerprint density at radius 2 is 1.95 bits per heavy atom. The Morgan fingerprint density at radius 3 is 2.55 bits per heavy atom. The largest absolute Gasteiger partial charge is 0.481 e. The molecule has 1 aromatic carbocycles. The molecule has 1 aliphatic rings. The van der Waals surface area contributed by atoms with Crippen molar-refractivity contribution in [1.82, 2.24) is 10.2 Å². The van der Waals surface area contributed by atoms with Crippen LogP contribution in [0.1, 0.15) is 11.5 Å². The average Bonchev–Trinajstić information content (AvgIpc) is 2.94. The van der Waals surface area contributed by atoms with E-state index in [9.17, 15) is 14.7 Å². The number of carboxylic acid groups (broad SMARTS) is 1. The van der Waals surface area contributed by atoms with Gasteiger partial charge in [0.2, 0.25) is 0 Å². The molecule has 114 valence electrons. The fourth-order valence-corrected chi connectivity index (χ4v) is 2.93. The molecule has 0 radical (unpaired) electrons. The Morgan fingerprint density at radius 1 is 1.23 bits per heavy atom. The lowest BCUT2D eigenvalue weighted by atomic mass is 9.89. The first-order valence-corrected chi connectivity index (χ1v) is 7.21. The minimum atomic E-state index is -0.841. The molecule has 0 saturated carbocycles. The third kappa shape index (κ3) is 2.82. The van der Waals surface area contributed by atoms with Gasteiger partial charge in [0.1, 0.15) is 5.82 Å². The molecule has 0 bridgehead atoms. The normalized spacial score (nSPS) is 21.0. The standard InChI is InChI=1S/C15H14ClN3O3/c16-10-3-1-9(2-4-10)11-7-19(8-12(11)15(21)22)13-5-6-14(20)18-17-13/h1-6,11-12H,7-8H2,(H,18,20)(H,21,22)/t11-,12+/m0/s1. The molecule has 0 amide bonds. The molecule has 2 heterocycles. The highest BCUT2D eigenvalue weighted by Crippen LogP contribution is 2.35. The Bertz CT molecular complexity index is 724. The number of nitrogens with one attached hydrogen (secondary N) is 1. The first-order chi connectivity index (χ1) is 10.5. The zero-order valence-electron chi connectivity index (χ0n) is 11.6. The van der Waals surface area contributed by atoms with Crippen molar-refractivity contribution in [1.29, 1.82) is 0 Å². The number of H-pyrrole nitrogens is 1. The molecule has 2 N–H and O–H groups in total. The number of aliphatic carboxylic acids is 1. The molecular formula is C15H14ClN3O3. The van der Waals surface area contributed by atoms with E-state index in [1.807, 2.05) is 17.0 Å². The summed E-state index contributed by atoms with van der Waals surface area (Å²) in [7, 11) is 0. The second-order valence-corrected chi connectivity index (χ2v) is 5.72. The number of carbonyl (C=O) groups is 1. The molecule has 2 atom stereocenters. The van der Waals surface area contributed by atoms with Crippen LogP contribution in [0.3, 0.4) is 0 Å². The summed E-state index contributed by atoms with van der Waals surface area (Å²) in [5, 5.41) is 16.4. The molecule has 0 unspecified atom stereocenters. The molecule has 22 heavy (non-hydrogen) atoms. The Hall–Kier alpha value is -2.34. The van der Waals surface area contributed by atoms with Gasteiger partial charge in [0.15, 0.2) is 0 Å². The van der Waals surface area contributed by atoms with Crippen LogP contribution in [0.4, 0.5) is 5.82 Å². The van der Waals surface area contributed by atoms with Crippen molar-refractivity contribution in [3.05, 3.63) is 57.3 Å². The lowest BCUT2D eigenvalue weighted by molar-refractivity contribution is -0.141. The number of rotatable bonds is 3. The molecule has 0 spiro atoms. The Balaban J connectivity index is 1.89. The number of halogens is 1. The highest BCUT2D eigenvalue weighted by Gasteiger charge is 2.39. The average molecular weight is 320 g/mol. The van der Waals surface area contributed by atoms with Gasteiger partial charge in [-0.25, -0.2) is 5.10 Å². The first-order valence-electron chi connectivity index (χ1n) is 6.83. The van der Waals surface area contributed by atoms with Gasteiger partial charge in [0, 0.05) is 30.1 Å². The van der Waals surface area contributed by atoms with Gasteiger partial charge in [-0.2, -0.15) is 5.10 Å². The van der Waals surface area contributed by atoms with E-state index >= 15 is 0 Å². The quantitative estimate of drug-likeness (QED) is 0.899. The number of aromatic amines is 1. The van der Waals surface area contributed by atoms with Gasteiger partial charge in [-0.05, 0) is 23.8 Å². The van der Waals surface area contributed by atoms with Crippen LogP contribution in [-0.4, -0.2) is 34.4 Å². The summed E-state index contributed by atoms with van der Waals surface area (Å²) in [5.41, 5.74) is 0.649. The number of anilines is 1. The molecule has 1 fully saturated rings. The van der Waals surface area contributed by atoms with Gasteiger partial charge in [-0.1, -0.05) is 23.7 Å². The number of carboxylic acids is 1. The molecule has 2 aromatic rings. The fourth-order valence-electron chi connectivity index (χ4n) is 2.80. The maximum atomic E-state index is 11.6. The summed E-state index contributed by atoms with van der Waals surface area (Å²) in [5.74, 6) is -0.951. The minimum absolute atomic E-state index is 0.150. The van der Waals surface area contributed by atoms with Gasteiger partial charge < -0.3 is 10.0 Å². The number of hydrogen-bond donors (Lipinski definition) is 2. The lowest BCUT2D eigenvalue weighted by Crippen LogP contribution is -2.24. The van der Waals surface area contributed by atoms with E-state index in [4.69, 9.17) is 11.6 Å². The Labute approximate surface area is 131 Å². The summed E-state index contributed by atoms with van der Waals surface area (Å²) >= 11 is 5.89. The highest BCUT2D eigenvalue weighted by atomic mass is 35.5. The molecule has 7 heteroatoms. The summed E-state index contributed by atoms with van der Waals surface area (Å²) in [6.07, 6.45) is 0. The van der Waals surface area contributed by atoms with Gasteiger partial charge in [-0.15, -0.1) is 0 Å². The van der Waals surface area contributed by atoms with Crippen molar-refractivity contribution in [3.63, 3.8) is 0 Å². The van der Waals surface area contributed by atoms with E-state index in [0.29, 0.717) is 23.9 Å². The van der Waals surface area contributed by atoms with E-state index in [0.717, 1.165) is 5.56 Å². The van der Waals surface area contributed by atoms with Crippen molar-refractivity contribution < 1.29 is 9.90 Å². The van der Waals surface area contributed by atoms with Crippen LogP contribution in [0.25, 0.3) is 0 Å². The first kappa shape index (κ1) is 14.6. The van der Waals surface area contributed by atoms with E-state index in [1.165, 1.54) is 6.07 Å². The Kier molecular flexibility index (Phi) is 3.85. The fraction of sp³-hybridized carbons (Fsp3) is 0.267. The molecule has 1 saturated heterocycles. The van der Waals surface area contributed by atoms with E-state index < -0.39 is 11.9 Å². The maximum absolute atomic E-state index is 11.6. The summed E-state index contributed by atoms with van der Waals surface area (Å²) in [4.78, 5) is 24.5. The van der Waals surface area contributed by atoms with Gasteiger partial charge in [0.25, 0.3) is 5.56 Å². The van der Waals surface area contributed by atoms with Crippen LogP contribution in [0.15, 0.2) is 41.2 Å². The summed E-state index contributed by atoms with van der Waals surface area (Å²) < 4.78 is 0. The number of benzene rings is 1. The zero-order valence-corrected chi connectivity index (χ0v) is 12.3. The lowest BCUT2D eigenvalue weighted by Gasteiger charge is -2.16. The van der Waals surface area contributed by atoms with Crippen molar-refractivity contribution in [3.8, 4) is 0 Å². The predicted molar refractivity (Wildman–Crippen MR) is 82.4 cm³/mol. The molecule has 1 aromatic heterocycles. The number of aromatic nitrogens is 2. The minimum Gasteiger partial charge on any atom is -0.481 e. The number of hydrogen-bond acceptors (Lipinski definition) is 4. The summed E-state index contributed by atoms with van der Waals surface area (Å²) in [6, 6.07) is 10.2. The van der Waals surface area contributed by atoms with Crippen LogP contribution in [0.5, 0.6) is 0 Å². The second-order valence-electron chi connectivity index (χ2n) is 5.29. The molecule has 0 aliphatic carbocycles. The molecule has 6 nitrogen and oxygen atoms in total. The number of nitrogens with zero attached hydrogens (tertiary/aromatic N) is 2. The predicted octanol–water partition coefficient (Wildman–Crippen LogP) is 1.73. The van der Waals surface area contributed by atoms with Crippen LogP contribution >= 0.6 is 11.6 Å². The van der Waals surface area contributed by atoms with Crippen LogP contribution in [0.2, 0.25) is 5.02 Å². The van der Waals surface area contributed by atoms with Gasteiger partial charge in [0.05, 0.1) is 5.92 Å². The zero-order chi connectivity index (χ0) is 15.7. The summed E-state index contributed by atoms with van der Waals surface area (Å²) in [6.45, 7) is 0.874. The van der Waals surface area contributed by atoms with Gasteiger partial charge >= 0.3 is 5.97 Å². The van der Waals surface area contributed by atoms with E-state index in [2.05, 4.69) is 10.2 Å². The van der Waals surface area contributed by atoms with Gasteiger partial charge in [-0.3, -0.25) is 9.59 Å². The topological polar surface area (TPSA) is 86.3 Å². The van der Waals surface area contributed by atoms with Crippen molar-refractivity contribution >= 4 is 23.4 Å². The van der Waals surface area contributed by atoms with Crippen LogP contribution in [0, 0.1) is 5.92 Å². The second kappa shape index (κ2) is 5.81.